The Morgan fingerprint density at radius 2 is 0.944 bits per heavy atom. The predicted octanol–water partition coefficient (Wildman–Crippen LogP) is 6.62. The van der Waals surface area contributed by atoms with Gasteiger partial charge >= 0.3 is 0 Å². The third kappa shape index (κ3) is 5.46. The summed E-state index contributed by atoms with van der Waals surface area (Å²) in [6, 6.07) is 32.6. The van der Waals surface area contributed by atoms with Gasteiger partial charge in [-0.05, 0) is 24.0 Å². The van der Waals surface area contributed by atoms with Gasteiger partial charge in [-0.1, -0.05) is 110 Å². The van der Waals surface area contributed by atoms with Crippen LogP contribution in [0.2, 0.25) is 0 Å². The number of aromatic hydroxyl groups is 2. The zero-order valence-corrected chi connectivity index (χ0v) is 20.5. The minimum Gasteiger partial charge on any atom is -0.507 e. The Labute approximate surface area is 213 Å². The van der Waals surface area contributed by atoms with Gasteiger partial charge in [0.05, 0.1) is 0 Å². The maximum atomic E-state index is 11.0. The minimum atomic E-state index is 0.304. The molecule has 36 heavy (non-hydrogen) atoms. The fourth-order valence-electron chi connectivity index (χ4n) is 5.27. The second kappa shape index (κ2) is 11.4. The van der Waals surface area contributed by atoms with Crippen LogP contribution in [-0.2, 0) is 13.1 Å². The van der Waals surface area contributed by atoms with Gasteiger partial charge < -0.3 is 20.8 Å². The Bertz CT molecular complexity index is 1170. The third-order valence-corrected chi connectivity index (χ3v) is 7.28. The summed E-state index contributed by atoms with van der Waals surface area (Å²) in [7, 11) is 0. The van der Waals surface area contributed by atoms with Crippen molar-refractivity contribution in [3.63, 3.8) is 0 Å². The highest BCUT2D eigenvalue weighted by molar-refractivity contribution is 5.72. The van der Waals surface area contributed by atoms with E-state index in [4.69, 9.17) is 0 Å². The van der Waals surface area contributed by atoms with E-state index in [1.165, 1.54) is 12.8 Å². The van der Waals surface area contributed by atoms with Gasteiger partial charge in [-0.25, -0.2) is 0 Å². The summed E-state index contributed by atoms with van der Waals surface area (Å²) in [5, 5.41) is 29.3. The molecule has 0 spiro atoms. The molecule has 0 bridgehead atoms. The molecule has 1 saturated carbocycles. The molecule has 0 aromatic heterocycles. The molecule has 0 saturated heterocycles. The van der Waals surface area contributed by atoms with Crippen molar-refractivity contribution in [2.24, 2.45) is 0 Å². The molecule has 4 aromatic carbocycles. The highest BCUT2D eigenvalue weighted by Crippen LogP contribution is 2.33. The molecule has 0 radical (unpaired) electrons. The number of para-hydroxylation sites is 2. The number of rotatable bonds is 8. The van der Waals surface area contributed by atoms with Gasteiger partial charge in [0, 0.05) is 47.4 Å². The second-order valence-electron chi connectivity index (χ2n) is 9.62. The molecule has 5 rings (SSSR count). The Morgan fingerprint density at radius 3 is 1.36 bits per heavy atom. The molecule has 2 atom stereocenters. The highest BCUT2D eigenvalue weighted by Gasteiger charge is 2.25. The molecule has 1 aliphatic carbocycles. The predicted molar refractivity (Wildman–Crippen MR) is 147 cm³/mol. The smallest absolute Gasteiger partial charge is 0.127 e. The lowest BCUT2D eigenvalue weighted by molar-refractivity contribution is 0.279. The molecule has 4 aromatic rings. The van der Waals surface area contributed by atoms with Gasteiger partial charge in [-0.15, -0.1) is 0 Å². The third-order valence-electron chi connectivity index (χ3n) is 7.28. The molecule has 0 amide bonds. The number of benzene rings is 4. The van der Waals surface area contributed by atoms with Crippen molar-refractivity contribution in [2.45, 2.75) is 50.9 Å². The van der Waals surface area contributed by atoms with Crippen LogP contribution >= 0.6 is 0 Å². The summed E-state index contributed by atoms with van der Waals surface area (Å²) >= 11 is 0. The molecule has 1 fully saturated rings. The highest BCUT2D eigenvalue weighted by atomic mass is 16.3. The van der Waals surface area contributed by atoms with Gasteiger partial charge in [-0.2, -0.15) is 0 Å². The SMILES string of the molecule is Oc1c(CNC2CCCC[C@@H]2NCc2cccc(-c3ccccc3)c2O)cccc1-c1ccccc1. The fraction of sp³-hybridized carbons (Fsp3) is 0.250. The van der Waals surface area contributed by atoms with Gasteiger partial charge in [0.25, 0.3) is 0 Å². The minimum absolute atomic E-state index is 0.304. The summed E-state index contributed by atoms with van der Waals surface area (Å²) in [6.07, 6.45) is 4.57. The Morgan fingerprint density at radius 1 is 0.528 bits per heavy atom. The van der Waals surface area contributed by atoms with E-state index in [2.05, 4.69) is 10.6 Å². The normalized spacial score (nSPS) is 17.7. The first-order valence-corrected chi connectivity index (χ1v) is 12.9. The van der Waals surface area contributed by atoms with Crippen LogP contribution in [0.5, 0.6) is 11.5 Å². The van der Waals surface area contributed by atoms with E-state index in [0.717, 1.165) is 46.2 Å². The van der Waals surface area contributed by atoms with E-state index >= 15 is 0 Å². The lowest BCUT2D eigenvalue weighted by Gasteiger charge is -2.33. The average Bonchev–Trinajstić information content (AvgIpc) is 2.93. The molecule has 1 unspecified atom stereocenters. The maximum absolute atomic E-state index is 11.0. The van der Waals surface area contributed by atoms with Gasteiger partial charge in [0.2, 0.25) is 0 Å². The second-order valence-corrected chi connectivity index (χ2v) is 9.62. The van der Waals surface area contributed by atoms with E-state index in [1.54, 1.807) is 0 Å². The van der Waals surface area contributed by atoms with Crippen LogP contribution in [-0.4, -0.2) is 22.3 Å². The number of nitrogens with one attached hydrogen (secondary N) is 2. The van der Waals surface area contributed by atoms with Crippen molar-refractivity contribution in [3.05, 3.63) is 108 Å². The van der Waals surface area contributed by atoms with E-state index < -0.39 is 0 Å². The summed E-state index contributed by atoms with van der Waals surface area (Å²) < 4.78 is 0. The van der Waals surface area contributed by atoms with Crippen molar-refractivity contribution in [2.75, 3.05) is 0 Å². The van der Waals surface area contributed by atoms with Crippen molar-refractivity contribution >= 4 is 0 Å². The van der Waals surface area contributed by atoms with Crippen LogP contribution in [0.1, 0.15) is 36.8 Å². The number of phenolic OH excluding ortho intramolecular Hbond substituents is 2. The van der Waals surface area contributed by atoms with Crippen molar-refractivity contribution in [1.82, 2.24) is 10.6 Å². The van der Waals surface area contributed by atoms with Crippen molar-refractivity contribution in [3.8, 4) is 33.8 Å². The number of hydrogen-bond acceptors (Lipinski definition) is 4. The Kier molecular flexibility index (Phi) is 7.65. The lowest BCUT2D eigenvalue weighted by Crippen LogP contribution is -2.49. The Hall–Kier alpha value is -3.60. The standard InChI is InChI=1S/C32H34N2O2/c35-31-25(15-9-17-27(31)23-11-3-1-4-12-23)21-33-29-19-7-8-20-30(29)34-22-26-16-10-18-28(32(26)36)24-13-5-2-6-14-24/h1-6,9-18,29-30,33-36H,7-8,19-22H2/t29-,30?/m0/s1. The maximum Gasteiger partial charge on any atom is 0.127 e. The van der Waals surface area contributed by atoms with Gasteiger partial charge in [0.15, 0.2) is 0 Å². The van der Waals surface area contributed by atoms with Gasteiger partial charge in [-0.3, -0.25) is 0 Å². The van der Waals surface area contributed by atoms with Crippen LogP contribution in [0.15, 0.2) is 97.1 Å². The quantitative estimate of drug-likeness (QED) is 0.230. The topological polar surface area (TPSA) is 64.5 Å². The molecule has 0 aliphatic heterocycles. The fourth-order valence-corrected chi connectivity index (χ4v) is 5.27. The van der Waals surface area contributed by atoms with Crippen LogP contribution in [0, 0.1) is 0 Å². The zero-order chi connectivity index (χ0) is 24.7. The summed E-state index contributed by atoms with van der Waals surface area (Å²) in [4.78, 5) is 0. The first-order valence-electron chi connectivity index (χ1n) is 12.9. The number of phenols is 2. The largest absolute Gasteiger partial charge is 0.507 e. The molecule has 0 heterocycles. The molecular weight excluding hydrogens is 444 g/mol. The zero-order valence-electron chi connectivity index (χ0n) is 20.5. The molecular formula is C32H34N2O2. The van der Waals surface area contributed by atoms with E-state index in [1.807, 2.05) is 97.1 Å². The van der Waals surface area contributed by atoms with Crippen LogP contribution in [0.3, 0.4) is 0 Å². The van der Waals surface area contributed by atoms with E-state index in [9.17, 15) is 10.2 Å². The number of hydrogen-bond donors (Lipinski definition) is 4. The van der Waals surface area contributed by atoms with Gasteiger partial charge in [0.1, 0.15) is 11.5 Å². The summed E-state index contributed by atoms with van der Waals surface area (Å²) in [5.74, 6) is 0.693. The first kappa shape index (κ1) is 24.1. The van der Waals surface area contributed by atoms with E-state index in [-0.39, 0.29) is 0 Å². The lowest BCUT2D eigenvalue weighted by atomic mass is 9.89. The van der Waals surface area contributed by atoms with E-state index in [0.29, 0.717) is 36.7 Å². The van der Waals surface area contributed by atoms with Crippen LogP contribution in [0.25, 0.3) is 22.3 Å². The van der Waals surface area contributed by atoms with Crippen LogP contribution in [0.4, 0.5) is 0 Å². The first-order chi connectivity index (χ1) is 17.7. The monoisotopic (exact) mass is 478 g/mol. The van der Waals surface area contributed by atoms with Crippen LogP contribution < -0.4 is 10.6 Å². The average molecular weight is 479 g/mol. The van der Waals surface area contributed by atoms with Crippen molar-refractivity contribution in [1.29, 1.82) is 0 Å². The summed E-state index contributed by atoms with van der Waals surface area (Å²) in [5.41, 5.74) is 5.59. The van der Waals surface area contributed by atoms with Crippen molar-refractivity contribution < 1.29 is 10.2 Å². The molecule has 184 valence electrons. The molecule has 4 heteroatoms. The molecule has 4 N–H and O–H groups in total. The Balaban J connectivity index is 1.25. The molecule has 1 aliphatic rings. The summed E-state index contributed by atoms with van der Waals surface area (Å²) in [6.45, 7) is 1.23. The molecule has 4 nitrogen and oxygen atoms in total.